The molecular formula is C10H7N3O2. The van der Waals surface area contributed by atoms with Crippen LogP contribution in [0.15, 0.2) is 24.4 Å². The normalized spacial score (nSPS) is 10.1. The van der Waals surface area contributed by atoms with Crippen molar-refractivity contribution in [1.29, 1.82) is 5.26 Å². The number of nitrogens with zero attached hydrogens (tertiary/aromatic N) is 2. The van der Waals surface area contributed by atoms with Gasteiger partial charge in [-0.25, -0.2) is 0 Å². The second-order valence-electron chi connectivity index (χ2n) is 3.10. The molecule has 0 atom stereocenters. The van der Waals surface area contributed by atoms with Crippen LogP contribution in [0.1, 0.15) is 5.56 Å². The quantitative estimate of drug-likeness (QED) is 0.596. The summed E-state index contributed by atoms with van der Waals surface area (Å²) in [6.45, 7) is 0. The van der Waals surface area contributed by atoms with Crippen molar-refractivity contribution in [3.8, 4) is 6.07 Å². The maximum Gasteiger partial charge on any atom is 0.275 e. The largest absolute Gasteiger partial charge is 0.361 e. The van der Waals surface area contributed by atoms with E-state index < -0.39 is 4.92 Å². The Kier molecular flexibility index (Phi) is 2.10. The molecular weight excluding hydrogens is 194 g/mol. The number of aromatic amines is 1. The molecule has 1 aromatic carbocycles. The highest BCUT2D eigenvalue weighted by Crippen LogP contribution is 2.27. The number of nitriles is 1. The fraction of sp³-hybridized carbons (Fsp3) is 0.100. The van der Waals surface area contributed by atoms with E-state index >= 15 is 0 Å². The number of nitro groups is 1. The molecule has 5 heteroatoms. The van der Waals surface area contributed by atoms with E-state index in [1.165, 1.54) is 6.07 Å². The number of nitro benzene ring substituents is 1. The molecule has 0 saturated carbocycles. The molecule has 0 amide bonds. The number of nitrogens with one attached hydrogen (secondary N) is 1. The Hall–Kier alpha value is -2.35. The van der Waals surface area contributed by atoms with Crippen molar-refractivity contribution in [2.75, 3.05) is 0 Å². The van der Waals surface area contributed by atoms with E-state index in [-0.39, 0.29) is 12.1 Å². The van der Waals surface area contributed by atoms with Crippen molar-refractivity contribution in [2.24, 2.45) is 0 Å². The van der Waals surface area contributed by atoms with Crippen LogP contribution >= 0.6 is 0 Å². The zero-order valence-electron chi connectivity index (χ0n) is 7.73. The first-order valence-corrected chi connectivity index (χ1v) is 4.34. The molecule has 0 aliphatic carbocycles. The summed E-state index contributed by atoms with van der Waals surface area (Å²) in [5.74, 6) is 0. The predicted molar refractivity (Wildman–Crippen MR) is 54.3 cm³/mol. The molecule has 74 valence electrons. The van der Waals surface area contributed by atoms with Crippen LogP contribution in [0.2, 0.25) is 0 Å². The number of hydrogen-bond acceptors (Lipinski definition) is 3. The third kappa shape index (κ3) is 1.42. The van der Waals surface area contributed by atoms with Gasteiger partial charge >= 0.3 is 0 Å². The third-order valence-electron chi connectivity index (χ3n) is 2.26. The summed E-state index contributed by atoms with van der Waals surface area (Å²) in [6, 6.07) is 6.86. The van der Waals surface area contributed by atoms with Crippen molar-refractivity contribution in [3.05, 3.63) is 40.1 Å². The van der Waals surface area contributed by atoms with Crippen molar-refractivity contribution in [3.63, 3.8) is 0 Å². The van der Waals surface area contributed by atoms with Crippen LogP contribution in [-0.4, -0.2) is 9.91 Å². The van der Waals surface area contributed by atoms with Crippen LogP contribution in [-0.2, 0) is 6.42 Å². The van der Waals surface area contributed by atoms with Gasteiger partial charge in [0.05, 0.1) is 28.5 Å². The van der Waals surface area contributed by atoms with E-state index in [0.29, 0.717) is 11.1 Å². The Morgan fingerprint density at radius 3 is 2.93 bits per heavy atom. The minimum atomic E-state index is -0.465. The van der Waals surface area contributed by atoms with Gasteiger partial charge < -0.3 is 4.98 Å². The van der Waals surface area contributed by atoms with E-state index in [1.807, 2.05) is 12.1 Å². The van der Waals surface area contributed by atoms with Crippen LogP contribution in [0, 0.1) is 21.4 Å². The first-order valence-electron chi connectivity index (χ1n) is 4.34. The second-order valence-corrected chi connectivity index (χ2v) is 3.10. The summed E-state index contributed by atoms with van der Waals surface area (Å²) in [6.07, 6.45) is 1.74. The van der Waals surface area contributed by atoms with Crippen LogP contribution in [0.5, 0.6) is 0 Å². The van der Waals surface area contributed by atoms with Gasteiger partial charge in [-0.1, -0.05) is 0 Å². The van der Waals surface area contributed by atoms with Crippen molar-refractivity contribution >= 4 is 16.6 Å². The Morgan fingerprint density at radius 2 is 2.27 bits per heavy atom. The summed E-state index contributed by atoms with van der Waals surface area (Å²) < 4.78 is 0. The highest BCUT2D eigenvalue weighted by atomic mass is 16.6. The Bertz CT molecular complexity index is 566. The van der Waals surface area contributed by atoms with E-state index in [0.717, 1.165) is 5.39 Å². The Morgan fingerprint density at radius 1 is 1.47 bits per heavy atom. The molecule has 1 heterocycles. The van der Waals surface area contributed by atoms with Crippen LogP contribution < -0.4 is 0 Å². The van der Waals surface area contributed by atoms with E-state index in [1.54, 1.807) is 12.3 Å². The molecule has 0 bridgehead atoms. The number of hydrogen-bond donors (Lipinski definition) is 1. The zero-order valence-corrected chi connectivity index (χ0v) is 7.73. The fourth-order valence-corrected chi connectivity index (χ4v) is 1.61. The minimum Gasteiger partial charge on any atom is -0.361 e. The van der Waals surface area contributed by atoms with Gasteiger partial charge in [-0.15, -0.1) is 0 Å². The maximum absolute atomic E-state index is 10.7. The van der Waals surface area contributed by atoms with Gasteiger partial charge in [0.15, 0.2) is 0 Å². The number of H-pyrrole nitrogens is 1. The number of aromatic nitrogens is 1. The van der Waals surface area contributed by atoms with Crippen molar-refractivity contribution in [1.82, 2.24) is 4.98 Å². The Labute approximate surface area is 85.1 Å². The van der Waals surface area contributed by atoms with Gasteiger partial charge in [0.1, 0.15) is 0 Å². The molecule has 15 heavy (non-hydrogen) atoms. The average molecular weight is 201 g/mol. The smallest absolute Gasteiger partial charge is 0.275 e. The fourth-order valence-electron chi connectivity index (χ4n) is 1.61. The summed E-state index contributed by atoms with van der Waals surface area (Å²) in [5, 5.41) is 20.3. The van der Waals surface area contributed by atoms with Gasteiger partial charge in [-0.2, -0.15) is 5.26 Å². The molecule has 0 spiro atoms. The molecule has 0 aliphatic heterocycles. The molecule has 2 aromatic rings. The monoisotopic (exact) mass is 201 g/mol. The van der Waals surface area contributed by atoms with Gasteiger partial charge in [-0.05, 0) is 12.1 Å². The molecule has 0 unspecified atom stereocenters. The summed E-state index contributed by atoms with van der Waals surface area (Å²) in [7, 11) is 0. The van der Waals surface area contributed by atoms with Gasteiger partial charge in [0.2, 0.25) is 0 Å². The predicted octanol–water partition coefficient (Wildman–Crippen LogP) is 2.14. The molecule has 2 rings (SSSR count). The van der Waals surface area contributed by atoms with Gasteiger partial charge in [-0.3, -0.25) is 10.1 Å². The SMILES string of the molecule is N#CCc1c([N+](=O)[O-])ccc2cc[nH]c12. The van der Waals surface area contributed by atoms with E-state index in [2.05, 4.69) is 4.98 Å². The highest BCUT2D eigenvalue weighted by Gasteiger charge is 2.16. The topological polar surface area (TPSA) is 82.7 Å². The lowest BCUT2D eigenvalue weighted by atomic mass is 10.1. The summed E-state index contributed by atoms with van der Waals surface area (Å²) >= 11 is 0. The molecule has 0 radical (unpaired) electrons. The Balaban J connectivity index is 2.76. The van der Waals surface area contributed by atoms with Crippen LogP contribution in [0.3, 0.4) is 0 Å². The summed E-state index contributed by atoms with van der Waals surface area (Å²) in [5.41, 5.74) is 1.11. The highest BCUT2D eigenvalue weighted by molar-refractivity contribution is 5.86. The third-order valence-corrected chi connectivity index (χ3v) is 2.26. The molecule has 1 N–H and O–H groups in total. The first-order chi connectivity index (χ1) is 7.24. The van der Waals surface area contributed by atoms with Crippen molar-refractivity contribution < 1.29 is 4.92 Å². The number of rotatable bonds is 2. The lowest BCUT2D eigenvalue weighted by Gasteiger charge is -2.00. The molecule has 0 fully saturated rings. The second kappa shape index (κ2) is 3.42. The van der Waals surface area contributed by atoms with Gasteiger partial charge in [0.25, 0.3) is 5.69 Å². The van der Waals surface area contributed by atoms with Crippen LogP contribution in [0.25, 0.3) is 10.9 Å². The molecule has 5 nitrogen and oxygen atoms in total. The molecule has 1 aromatic heterocycles. The molecule has 0 aliphatic rings. The van der Waals surface area contributed by atoms with E-state index in [4.69, 9.17) is 5.26 Å². The standard InChI is InChI=1S/C10H7N3O2/c11-5-3-8-9(13(14)15)2-1-7-4-6-12-10(7)8/h1-2,4,6,12H,3H2. The minimum absolute atomic E-state index is 0.00787. The number of benzene rings is 1. The van der Waals surface area contributed by atoms with Crippen LogP contribution in [0.4, 0.5) is 5.69 Å². The molecule has 0 saturated heterocycles. The van der Waals surface area contributed by atoms with Gasteiger partial charge in [0, 0.05) is 17.6 Å². The summed E-state index contributed by atoms with van der Waals surface area (Å²) in [4.78, 5) is 13.2. The van der Waals surface area contributed by atoms with Crippen molar-refractivity contribution in [2.45, 2.75) is 6.42 Å². The average Bonchev–Trinajstić information content (AvgIpc) is 2.66. The maximum atomic E-state index is 10.7. The van der Waals surface area contributed by atoms with E-state index in [9.17, 15) is 10.1 Å². The lowest BCUT2D eigenvalue weighted by molar-refractivity contribution is -0.385. The number of fused-ring (bicyclic) bond motifs is 1. The zero-order chi connectivity index (χ0) is 10.8. The lowest BCUT2D eigenvalue weighted by Crippen LogP contribution is -1.95. The first kappa shape index (κ1) is 9.21.